The molecule has 0 unspecified atom stereocenters. The Morgan fingerprint density at radius 3 is 1.28 bits per heavy atom. The number of benzene rings is 5. The molecule has 6 heteroatoms. The smallest absolute Gasteiger partial charge is 0.208 e. The number of fused-ring (bicyclic) bond motifs is 6. The van der Waals surface area contributed by atoms with Crippen molar-refractivity contribution in [1.29, 1.82) is 0 Å². The van der Waals surface area contributed by atoms with Crippen molar-refractivity contribution in [3.8, 4) is 56.4 Å². The lowest BCUT2D eigenvalue weighted by atomic mass is 9.82. The molecule has 0 fully saturated rings. The van der Waals surface area contributed by atoms with Crippen LogP contribution >= 0.6 is 0 Å². The van der Waals surface area contributed by atoms with Gasteiger partial charge in [0, 0.05) is 27.5 Å². The largest absolute Gasteiger partial charge is 0.416 e. The molecule has 0 atom stereocenters. The SMILES string of the molecule is CC1(C)c2ccccc2-c2c(-c3nc(-c4ccc(C(F)(F)F)cc4)nc(-c4cccc5c4-c4ccccc4C5(C)C)n3)cccc21. The average molecular weight is 610 g/mol. The maximum Gasteiger partial charge on any atom is 0.416 e. The Bertz CT molecular complexity index is 2070. The molecular formula is C40H30F3N3. The molecule has 8 rings (SSSR count). The first-order valence-electron chi connectivity index (χ1n) is 15.4. The van der Waals surface area contributed by atoms with E-state index in [0.717, 1.165) is 45.5 Å². The van der Waals surface area contributed by atoms with E-state index in [9.17, 15) is 13.2 Å². The van der Waals surface area contributed by atoms with E-state index in [1.807, 2.05) is 36.4 Å². The Morgan fingerprint density at radius 2 is 0.826 bits per heavy atom. The molecule has 2 aliphatic rings. The first kappa shape index (κ1) is 28.4. The lowest BCUT2D eigenvalue weighted by Crippen LogP contribution is -2.15. The molecular weight excluding hydrogens is 579 g/mol. The van der Waals surface area contributed by atoms with Gasteiger partial charge in [-0.2, -0.15) is 13.2 Å². The minimum atomic E-state index is -4.44. The van der Waals surface area contributed by atoms with E-state index in [4.69, 9.17) is 15.0 Å². The Labute approximate surface area is 265 Å². The van der Waals surface area contributed by atoms with Crippen molar-refractivity contribution in [3.63, 3.8) is 0 Å². The van der Waals surface area contributed by atoms with E-state index >= 15 is 0 Å². The first-order chi connectivity index (χ1) is 22.0. The molecule has 0 radical (unpaired) electrons. The number of hydrogen-bond donors (Lipinski definition) is 0. The Balaban J connectivity index is 1.40. The molecule has 0 aliphatic heterocycles. The quantitative estimate of drug-likeness (QED) is 0.200. The number of halogens is 3. The minimum absolute atomic E-state index is 0.219. The third kappa shape index (κ3) is 4.09. The fraction of sp³-hybridized carbons (Fsp3) is 0.175. The van der Waals surface area contributed by atoms with Crippen molar-refractivity contribution < 1.29 is 13.2 Å². The summed E-state index contributed by atoms with van der Waals surface area (Å²) in [6.07, 6.45) is -4.44. The summed E-state index contributed by atoms with van der Waals surface area (Å²) < 4.78 is 40.4. The van der Waals surface area contributed by atoms with Crippen molar-refractivity contribution >= 4 is 0 Å². The summed E-state index contributed by atoms with van der Waals surface area (Å²) in [5.74, 6) is 1.28. The summed E-state index contributed by atoms with van der Waals surface area (Å²) in [4.78, 5) is 15.1. The van der Waals surface area contributed by atoms with Gasteiger partial charge in [-0.15, -0.1) is 0 Å². The highest BCUT2D eigenvalue weighted by Crippen LogP contribution is 2.53. The van der Waals surface area contributed by atoms with Crippen LogP contribution < -0.4 is 0 Å². The third-order valence-corrected chi connectivity index (χ3v) is 9.80. The maximum absolute atomic E-state index is 13.5. The highest BCUT2D eigenvalue weighted by Gasteiger charge is 2.39. The van der Waals surface area contributed by atoms with E-state index in [1.165, 1.54) is 34.4 Å². The number of nitrogens with zero attached hydrogens (tertiary/aromatic N) is 3. The highest BCUT2D eigenvalue weighted by molar-refractivity contribution is 5.93. The number of alkyl halides is 3. The van der Waals surface area contributed by atoms with Gasteiger partial charge in [0.1, 0.15) is 0 Å². The fourth-order valence-electron chi connectivity index (χ4n) is 7.44. The first-order valence-corrected chi connectivity index (χ1v) is 15.4. The average Bonchev–Trinajstić information content (AvgIpc) is 3.44. The second-order valence-corrected chi connectivity index (χ2v) is 13.2. The lowest BCUT2D eigenvalue weighted by molar-refractivity contribution is -0.137. The third-order valence-electron chi connectivity index (χ3n) is 9.80. The number of rotatable bonds is 3. The van der Waals surface area contributed by atoms with E-state index in [1.54, 1.807) is 0 Å². The normalized spacial score (nSPS) is 15.2. The topological polar surface area (TPSA) is 38.7 Å². The predicted octanol–water partition coefficient (Wildman–Crippen LogP) is 10.5. The maximum atomic E-state index is 13.5. The van der Waals surface area contributed by atoms with Crippen molar-refractivity contribution in [2.75, 3.05) is 0 Å². The summed E-state index contributed by atoms with van der Waals surface area (Å²) in [5.41, 5.74) is 10.3. The van der Waals surface area contributed by atoms with Gasteiger partial charge in [-0.3, -0.25) is 0 Å². The van der Waals surface area contributed by atoms with E-state index in [-0.39, 0.29) is 10.8 Å². The van der Waals surface area contributed by atoms with Gasteiger partial charge in [0.25, 0.3) is 0 Å². The second kappa shape index (κ2) is 9.70. The van der Waals surface area contributed by atoms with Crippen molar-refractivity contribution in [3.05, 3.63) is 137 Å². The van der Waals surface area contributed by atoms with Gasteiger partial charge in [0.15, 0.2) is 17.5 Å². The summed E-state index contributed by atoms with van der Waals surface area (Å²) in [5, 5.41) is 0. The molecule has 0 saturated carbocycles. The molecule has 3 nitrogen and oxygen atoms in total. The van der Waals surface area contributed by atoms with E-state index in [2.05, 4.69) is 76.2 Å². The van der Waals surface area contributed by atoms with Gasteiger partial charge in [0.2, 0.25) is 0 Å². The summed E-state index contributed by atoms with van der Waals surface area (Å²) >= 11 is 0. The fourth-order valence-corrected chi connectivity index (χ4v) is 7.44. The van der Waals surface area contributed by atoms with Crippen LogP contribution in [0.2, 0.25) is 0 Å². The Morgan fingerprint density at radius 1 is 0.435 bits per heavy atom. The molecule has 2 aliphatic carbocycles. The van der Waals surface area contributed by atoms with Gasteiger partial charge >= 0.3 is 6.18 Å². The van der Waals surface area contributed by atoms with Gasteiger partial charge < -0.3 is 0 Å². The van der Waals surface area contributed by atoms with Crippen molar-refractivity contribution in [2.45, 2.75) is 44.7 Å². The molecule has 46 heavy (non-hydrogen) atoms. The van der Waals surface area contributed by atoms with Crippen LogP contribution in [0.25, 0.3) is 56.4 Å². The van der Waals surface area contributed by atoms with Crippen molar-refractivity contribution in [2.24, 2.45) is 0 Å². The second-order valence-electron chi connectivity index (χ2n) is 13.2. The molecule has 226 valence electrons. The van der Waals surface area contributed by atoms with Gasteiger partial charge in [-0.1, -0.05) is 125 Å². The van der Waals surface area contributed by atoms with Crippen LogP contribution in [0.4, 0.5) is 13.2 Å². The summed E-state index contributed by atoms with van der Waals surface area (Å²) in [7, 11) is 0. The lowest BCUT2D eigenvalue weighted by Gasteiger charge is -2.21. The predicted molar refractivity (Wildman–Crippen MR) is 176 cm³/mol. The molecule has 0 amide bonds. The molecule has 0 N–H and O–H groups in total. The summed E-state index contributed by atoms with van der Waals surface area (Å²) in [6.45, 7) is 8.89. The van der Waals surface area contributed by atoms with Crippen LogP contribution in [-0.2, 0) is 17.0 Å². The van der Waals surface area contributed by atoms with E-state index in [0.29, 0.717) is 23.0 Å². The van der Waals surface area contributed by atoms with E-state index < -0.39 is 11.7 Å². The van der Waals surface area contributed by atoms with Gasteiger partial charge in [-0.05, 0) is 56.6 Å². The molecule has 0 spiro atoms. The van der Waals surface area contributed by atoms with Crippen LogP contribution in [0.3, 0.4) is 0 Å². The van der Waals surface area contributed by atoms with Crippen LogP contribution in [0, 0.1) is 0 Å². The van der Waals surface area contributed by atoms with Crippen LogP contribution in [0.5, 0.6) is 0 Å². The summed E-state index contributed by atoms with van der Waals surface area (Å²) in [6, 6.07) is 34.3. The number of aromatic nitrogens is 3. The molecule has 5 aromatic carbocycles. The zero-order valence-corrected chi connectivity index (χ0v) is 25.9. The Hall–Kier alpha value is -5.10. The molecule has 1 aromatic heterocycles. The zero-order chi connectivity index (χ0) is 32.0. The molecule has 0 saturated heterocycles. The van der Waals surface area contributed by atoms with Crippen molar-refractivity contribution in [1.82, 2.24) is 15.0 Å². The molecule has 6 aromatic rings. The standard InChI is InChI=1S/C40H30F3N3/c1-38(2)29-15-7-5-11-25(29)33-27(13-9-17-31(33)38)36-44-35(23-19-21-24(22-20-23)40(41,42)43)45-37(46-36)28-14-10-18-32-34(28)26-12-6-8-16-30(26)39(32,3)4/h5-22H,1-4H3. The van der Waals surface area contributed by atoms with Crippen LogP contribution in [-0.4, -0.2) is 15.0 Å². The minimum Gasteiger partial charge on any atom is -0.208 e. The zero-order valence-electron chi connectivity index (χ0n) is 25.9. The van der Waals surface area contributed by atoms with Gasteiger partial charge in [0.05, 0.1) is 5.56 Å². The number of hydrogen-bond acceptors (Lipinski definition) is 3. The van der Waals surface area contributed by atoms with Gasteiger partial charge in [-0.25, -0.2) is 15.0 Å². The van der Waals surface area contributed by atoms with Crippen LogP contribution in [0.15, 0.2) is 109 Å². The Kier molecular flexibility index (Phi) is 5.98. The molecule has 0 bridgehead atoms. The highest BCUT2D eigenvalue weighted by atomic mass is 19.4. The van der Waals surface area contributed by atoms with Crippen LogP contribution in [0.1, 0.15) is 55.5 Å². The molecule has 1 heterocycles. The monoisotopic (exact) mass is 609 g/mol.